The number of aromatic nitrogens is 4. The van der Waals surface area contributed by atoms with E-state index in [1.54, 1.807) is 4.68 Å². The second kappa shape index (κ2) is 6.53. The highest BCUT2D eigenvalue weighted by atomic mass is 19.4. The SMILES string of the molecule is CCn1ccc(CC2CCCc3c2c(C(F)(F)F)nn3CC(N)=O)n1. The average Bonchev–Trinajstić information content (AvgIpc) is 3.12. The van der Waals surface area contributed by atoms with Crippen molar-refractivity contribution in [3.05, 3.63) is 34.9 Å². The maximum absolute atomic E-state index is 13.5. The molecule has 0 aromatic carbocycles. The van der Waals surface area contributed by atoms with Crippen LogP contribution in [0.15, 0.2) is 12.3 Å². The molecular formula is C16H20F3N5O. The number of carbonyl (C=O) groups excluding carboxylic acids is 1. The van der Waals surface area contributed by atoms with E-state index >= 15 is 0 Å². The lowest BCUT2D eigenvalue weighted by molar-refractivity contribution is -0.142. The molecule has 0 fully saturated rings. The number of amides is 1. The molecule has 1 atom stereocenters. The third-order valence-corrected chi connectivity index (χ3v) is 4.52. The molecule has 25 heavy (non-hydrogen) atoms. The number of nitrogens with two attached hydrogens (primary N) is 1. The van der Waals surface area contributed by atoms with Crippen LogP contribution < -0.4 is 5.73 Å². The van der Waals surface area contributed by atoms with Crippen molar-refractivity contribution in [2.75, 3.05) is 0 Å². The average molecular weight is 355 g/mol. The molecule has 0 spiro atoms. The van der Waals surface area contributed by atoms with Gasteiger partial charge in [0, 0.05) is 24.0 Å². The Bertz CT molecular complexity index is 777. The molecule has 1 amide bonds. The van der Waals surface area contributed by atoms with E-state index in [0.717, 1.165) is 16.8 Å². The van der Waals surface area contributed by atoms with E-state index in [9.17, 15) is 18.0 Å². The molecule has 2 aromatic rings. The fraction of sp³-hybridized carbons (Fsp3) is 0.562. The van der Waals surface area contributed by atoms with Gasteiger partial charge in [0.1, 0.15) is 6.54 Å². The number of alkyl halides is 3. The van der Waals surface area contributed by atoms with E-state index in [-0.39, 0.29) is 18.0 Å². The maximum Gasteiger partial charge on any atom is 0.435 e. The van der Waals surface area contributed by atoms with Crippen LogP contribution in [0.2, 0.25) is 0 Å². The predicted molar refractivity (Wildman–Crippen MR) is 83.7 cm³/mol. The third kappa shape index (κ3) is 3.54. The van der Waals surface area contributed by atoms with Crippen LogP contribution in [0.3, 0.4) is 0 Å². The normalized spacial score (nSPS) is 17.5. The van der Waals surface area contributed by atoms with Crippen LogP contribution in [-0.2, 0) is 36.9 Å². The van der Waals surface area contributed by atoms with Gasteiger partial charge in [-0.2, -0.15) is 23.4 Å². The summed E-state index contributed by atoms with van der Waals surface area (Å²) in [6.45, 7) is 2.32. The van der Waals surface area contributed by atoms with E-state index in [0.29, 0.717) is 31.5 Å². The van der Waals surface area contributed by atoms with Crippen molar-refractivity contribution in [1.29, 1.82) is 0 Å². The summed E-state index contributed by atoms with van der Waals surface area (Å²) < 4.78 is 43.3. The fourth-order valence-corrected chi connectivity index (χ4v) is 3.50. The van der Waals surface area contributed by atoms with Gasteiger partial charge in [0.15, 0.2) is 5.69 Å². The zero-order chi connectivity index (χ0) is 18.2. The van der Waals surface area contributed by atoms with Crippen LogP contribution in [0.25, 0.3) is 0 Å². The molecule has 136 valence electrons. The first-order valence-electron chi connectivity index (χ1n) is 8.27. The molecule has 3 rings (SSSR count). The highest BCUT2D eigenvalue weighted by Crippen LogP contribution is 2.42. The molecule has 0 bridgehead atoms. The Labute approximate surface area is 142 Å². The van der Waals surface area contributed by atoms with Crippen molar-refractivity contribution in [2.45, 2.75) is 57.8 Å². The van der Waals surface area contributed by atoms with E-state index in [4.69, 9.17) is 5.73 Å². The zero-order valence-electron chi connectivity index (χ0n) is 13.9. The number of fused-ring (bicyclic) bond motifs is 1. The summed E-state index contributed by atoms with van der Waals surface area (Å²) in [6.07, 6.45) is -0.478. The molecule has 6 nitrogen and oxygen atoms in total. The van der Waals surface area contributed by atoms with Gasteiger partial charge >= 0.3 is 6.18 Å². The first-order valence-corrected chi connectivity index (χ1v) is 8.27. The number of aryl methyl sites for hydroxylation is 1. The molecule has 1 aliphatic carbocycles. The van der Waals surface area contributed by atoms with Crippen LogP contribution in [0, 0.1) is 0 Å². The molecule has 2 N–H and O–H groups in total. The Kier molecular flexibility index (Phi) is 4.57. The highest BCUT2D eigenvalue weighted by molar-refractivity contribution is 5.73. The number of hydrogen-bond donors (Lipinski definition) is 1. The summed E-state index contributed by atoms with van der Waals surface area (Å²) in [4.78, 5) is 11.2. The van der Waals surface area contributed by atoms with Gasteiger partial charge < -0.3 is 5.73 Å². The lowest BCUT2D eigenvalue weighted by Gasteiger charge is -2.24. The Hall–Kier alpha value is -2.32. The second-order valence-electron chi connectivity index (χ2n) is 6.29. The van der Waals surface area contributed by atoms with Gasteiger partial charge in [0.2, 0.25) is 5.91 Å². The van der Waals surface area contributed by atoms with Gasteiger partial charge in [-0.3, -0.25) is 14.2 Å². The summed E-state index contributed by atoms with van der Waals surface area (Å²) >= 11 is 0. The minimum absolute atomic E-state index is 0.200. The maximum atomic E-state index is 13.5. The van der Waals surface area contributed by atoms with Gasteiger partial charge in [-0.05, 0) is 44.6 Å². The van der Waals surface area contributed by atoms with Crippen LogP contribution >= 0.6 is 0 Å². The smallest absolute Gasteiger partial charge is 0.368 e. The fourth-order valence-electron chi connectivity index (χ4n) is 3.50. The number of carbonyl (C=O) groups is 1. The van der Waals surface area contributed by atoms with Crippen molar-refractivity contribution >= 4 is 5.91 Å². The summed E-state index contributed by atoms with van der Waals surface area (Å²) in [5, 5.41) is 8.06. The largest absolute Gasteiger partial charge is 0.435 e. The van der Waals surface area contributed by atoms with Crippen molar-refractivity contribution in [2.24, 2.45) is 5.73 Å². The van der Waals surface area contributed by atoms with Crippen molar-refractivity contribution in [1.82, 2.24) is 19.6 Å². The van der Waals surface area contributed by atoms with E-state index in [1.165, 1.54) is 0 Å². The first-order chi connectivity index (χ1) is 11.8. The summed E-state index contributed by atoms with van der Waals surface area (Å²) in [7, 11) is 0. The minimum atomic E-state index is -4.56. The second-order valence-corrected chi connectivity index (χ2v) is 6.29. The summed E-state index contributed by atoms with van der Waals surface area (Å²) in [6, 6.07) is 1.83. The Morgan fingerprint density at radius 3 is 2.76 bits per heavy atom. The molecule has 0 radical (unpaired) electrons. The van der Waals surface area contributed by atoms with Crippen LogP contribution in [0.4, 0.5) is 13.2 Å². The predicted octanol–water partition coefficient (Wildman–Crippen LogP) is 2.27. The first kappa shape index (κ1) is 17.5. The molecule has 2 aromatic heterocycles. The molecule has 1 unspecified atom stereocenters. The standard InChI is InChI=1S/C16H20F3N5O/c1-2-23-7-6-11(21-23)8-10-4-3-5-12-14(10)15(16(17,18)19)22-24(12)9-13(20)25/h6-7,10H,2-5,8-9H2,1H3,(H2,20,25). The molecule has 0 saturated carbocycles. The lowest BCUT2D eigenvalue weighted by Crippen LogP contribution is -2.22. The van der Waals surface area contributed by atoms with E-state index in [2.05, 4.69) is 10.2 Å². The van der Waals surface area contributed by atoms with Crippen molar-refractivity contribution in [3.63, 3.8) is 0 Å². The Morgan fingerprint density at radius 2 is 2.16 bits per heavy atom. The van der Waals surface area contributed by atoms with Crippen molar-refractivity contribution in [3.8, 4) is 0 Å². The Morgan fingerprint density at radius 1 is 1.40 bits per heavy atom. The van der Waals surface area contributed by atoms with E-state index in [1.807, 2.05) is 19.2 Å². The number of rotatable bonds is 5. The number of halogens is 3. The number of hydrogen-bond acceptors (Lipinski definition) is 3. The van der Waals surface area contributed by atoms with Crippen LogP contribution in [-0.4, -0.2) is 25.5 Å². The molecule has 0 saturated heterocycles. The Balaban J connectivity index is 2.00. The molecule has 9 heteroatoms. The monoisotopic (exact) mass is 355 g/mol. The third-order valence-electron chi connectivity index (χ3n) is 4.52. The zero-order valence-corrected chi connectivity index (χ0v) is 13.9. The van der Waals surface area contributed by atoms with Gasteiger partial charge in [0.25, 0.3) is 0 Å². The van der Waals surface area contributed by atoms with Gasteiger partial charge in [0.05, 0.1) is 5.69 Å². The van der Waals surface area contributed by atoms with Crippen LogP contribution in [0.1, 0.15) is 48.3 Å². The summed E-state index contributed by atoms with van der Waals surface area (Å²) in [5.41, 5.74) is 5.69. The molecular weight excluding hydrogens is 335 g/mol. The number of nitrogens with zero attached hydrogens (tertiary/aromatic N) is 4. The molecule has 0 aliphatic heterocycles. The van der Waals surface area contributed by atoms with Crippen molar-refractivity contribution < 1.29 is 18.0 Å². The quantitative estimate of drug-likeness (QED) is 0.894. The molecule has 2 heterocycles. The van der Waals surface area contributed by atoms with Gasteiger partial charge in [-0.25, -0.2) is 0 Å². The topological polar surface area (TPSA) is 78.7 Å². The highest BCUT2D eigenvalue weighted by Gasteiger charge is 2.42. The van der Waals surface area contributed by atoms with E-state index < -0.39 is 17.8 Å². The molecule has 1 aliphatic rings. The number of primary amides is 1. The van der Waals surface area contributed by atoms with Gasteiger partial charge in [-0.15, -0.1) is 0 Å². The summed E-state index contributed by atoms with van der Waals surface area (Å²) in [5.74, 6) is -1.02. The lowest BCUT2D eigenvalue weighted by atomic mass is 9.82. The van der Waals surface area contributed by atoms with Crippen LogP contribution in [0.5, 0.6) is 0 Å². The van der Waals surface area contributed by atoms with Gasteiger partial charge in [-0.1, -0.05) is 0 Å². The minimum Gasteiger partial charge on any atom is -0.368 e.